The number of carbonyl (C=O) groups excluding carboxylic acids is 2. The predicted octanol–water partition coefficient (Wildman–Crippen LogP) is 6.74. The average molecular weight is 705 g/mol. The molecule has 0 atom stereocenters. The fourth-order valence-electron chi connectivity index (χ4n) is 5.49. The lowest BCUT2D eigenvalue weighted by Crippen LogP contribution is -2.52. The molecule has 0 spiro atoms. The third-order valence-corrected chi connectivity index (χ3v) is 18.9. The SMILES string of the molecule is CCONCCN(CCC[Si](C)(C)O[Si](C)(C)O[Si](C)(C)CCCN(C)CCNC(=O)Nc1ccccc1)C(=O)Nc1ccccc1. The Bertz CT molecular complexity index is 1180. The minimum atomic E-state index is -2.36. The molecule has 4 N–H and O–H groups in total. The summed E-state index contributed by atoms with van der Waals surface area (Å²) in [4.78, 5) is 34.6. The first-order valence-corrected chi connectivity index (χ1v) is 25.9. The van der Waals surface area contributed by atoms with Crippen LogP contribution in [0.3, 0.4) is 0 Å². The number of nitrogens with zero attached hydrogens (tertiary/aromatic N) is 2. The number of para-hydroxylation sites is 2. The fourth-order valence-corrected chi connectivity index (χ4v) is 19.5. The molecule has 264 valence electrons. The third-order valence-electron chi connectivity index (χ3n) is 7.42. The summed E-state index contributed by atoms with van der Waals surface area (Å²) in [7, 11) is -4.27. The molecule has 0 radical (unpaired) electrons. The van der Waals surface area contributed by atoms with Crippen LogP contribution >= 0.6 is 0 Å². The first-order valence-electron chi connectivity index (χ1n) is 16.8. The first-order chi connectivity index (χ1) is 22.2. The molecule has 0 aromatic heterocycles. The molecule has 0 saturated heterocycles. The lowest BCUT2D eigenvalue weighted by molar-refractivity contribution is 0.0472. The normalized spacial score (nSPS) is 12.2. The summed E-state index contributed by atoms with van der Waals surface area (Å²) in [6, 6.07) is 20.7. The van der Waals surface area contributed by atoms with Crippen LogP contribution in [0.4, 0.5) is 21.0 Å². The summed E-state index contributed by atoms with van der Waals surface area (Å²) in [6.45, 7) is 20.0. The zero-order valence-corrected chi connectivity index (χ0v) is 33.0. The van der Waals surface area contributed by atoms with Crippen molar-refractivity contribution in [1.29, 1.82) is 0 Å². The van der Waals surface area contributed by atoms with E-state index in [9.17, 15) is 9.59 Å². The molecule has 2 rings (SSSR count). The van der Waals surface area contributed by atoms with Gasteiger partial charge in [-0.05, 0) is 109 Å². The maximum absolute atomic E-state index is 13.1. The topological polar surface area (TPSA) is 116 Å². The van der Waals surface area contributed by atoms with E-state index in [1.807, 2.05) is 72.5 Å². The van der Waals surface area contributed by atoms with Gasteiger partial charge in [-0.3, -0.25) is 0 Å². The van der Waals surface area contributed by atoms with Crippen LogP contribution in [0.15, 0.2) is 60.7 Å². The van der Waals surface area contributed by atoms with Crippen molar-refractivity contribution in [3.63, 3.8) is 0 Å². The number of rotatable bonds is 22. The molecule has 0 fully saturated rings. The van der Waals surface area contributed by atoms with Crippen molar-refractivity contribution in [1.82, 2.24) is 20.6 Å². The number of likely N-dealkylation sites (N-methyl/N-ethyl adjacent to an activating group) is 1. The number of nitrogens with one attached hydrogen (secondary N) is 4. The summed E-state index contributed by atoms with van der Waals surface area (Å²) in [5.41, 5.74) is 4.48. The van der Waals surface area contributed by atoms with Crippen molar-refractivity contribution in [2.45, 2.75) is 71.1 Å². The highest BCUT2D eigenvalue weighted by atomic mass is 28.5. The highest BCUT2D eigenvalue weighted by molar-refractivity contribution is 6.87. The molecule has 2 aromatic rings. The van der Waals surface area contributed by atoms with E-state index in [0.29, 0.717) is 32.8 Å². The lowest BCUT2D eigenvalue weighted by atomic mass is 10.3. The summed E-state index contributed by atoms with van der Waals surface area (Å²) in [5.74, 6) is 0. The summed E-state index contributed by atoms with van der Waals surface area (Å²) >= 11 is 0. The van der Waals surface area contributed by atoms with Gasteiger partial charge in [0.05, 0.1) is 6.61 Å². The van der Waals surface area contributed by atoms with Gasteiger partial charge in [0.15, 0.2) is 16.6 Å². The Morgan fingerprint density at radius 3 is 1.79 bits per heavy atom. The number of urea groups is 2. The number of carbonyl (C=O) groups is 2. The largest absolute Gasteiger partial charge is 0.437 e. The van der Waals surface area contributed by atoms with Crippen LogP contribution < -0.4 is 21.4 Å². The van der Waals surface area contributed by atoms with E-state index in [1.54, 1.807) is 0 Å². The Labute approximate surface area is 286 Å². The van der Waals surface area contributed by atoms with Crippen LogP contribution in [0.2, 0.25) is 51.4 Å². The number of anilines is 2. The Morgan fingerprint density at radius 2 is 1.23 bits per heavy atom. The van der Waals surface area contributed by atoms with Gasteiger partial charge in [0.25, 0.3) is 0 Å². The molecule has 2 aromatic carbocycles. The fraction of sp³-hybridized carbons (Fsp3) is 0.576. The lowest BCUT2D eigenvalue weighted by Gasteiger charge is -2.39. The quantitative estimate of drug-likeness (QED) is 0.0610. The minimum Gasteiger partial charge on any atom is -0.437 e. The molecule has 0 unspecified atom stereocenters. The van der Waals surface area contributed by atoms with E-state index in [-0.39, 0.29) is 12.1 Å². The minimum absolute atomic E-state index is 0.115. The molecule has 0 heterocycles. The van der Waals surface area contributed by atoms with Crippen LogP contribution in [-0.2, 0) is 13.1 Å². The third kappa shape index (κ3) is 18.5. The maximum atomic E-state index is 13.1. The standard InChI is InChI=1S/C33H60N6O5Si3/c1-9-42-35-23-27-39(33(41)37-31-20-14-11-15-21-31)25-17-29-46(5,6)44-47(7,8)43-45(3,4)28-16-24-38(2)26-22-34-32(40)36-30-18-12-10-13-19-30/h10-15,18-21,35H,9,16-17,22-29H2,1-8H3,(H,37,41)(H2,34,36,40). The Morgan fingerprint density at radius 1 is 0.702 bits per heavy atom. The monoisotopic (exact) mass is 704 g/mol. The first kappa shape index (κ1) is 40.6. The number of hydrogen-bond donors (Lipinski definition) is 4. The van der Waals surface area contributed by atoms with Gasteiger partial charge in [0.2, 0.25) is 0 Å². The van der Waals surface area contributed by atoms with E-state index in [2.05, 4.69) is 72.7 Å². The van der Waals surface area contributed by atoms with Crippen molar-refractivity contribution < 1.29 is 22.7 Å². The van der Waals surface area contributed by atoms with Gasteiger partial charge in [0.1, 0.15) is 0 Å². The van der Waals surface area contributed by atoms with Crippen LogP contribution in [0.5, 0.6) is 0 Å². The van der Waals surface area contributed by atoms with E-state index >= 15 is 0 Å². The van der Waals surface area contributed by atoms with Crippen LogP contribution in [0, 0.1) is 0 Å². The molecule has 0 bridgehead atoms. The predicted molar refractivity (Wildman–Crippen MR) is 201 cm³/mol. The van der Waals surface area contributed by atoms with Crippen LogP contribution in [0.25, 0.3) is 0 Å². The number of hydroxylamine groups is 1. The summed E-state index contributed by atoms with van der Waals surface area (Å²) < 4.78 is 13.7. The second-order valence-electron chi connectivity index (χ2n) is 13.5. The molecule has 47 heavy (non-hydrogen) atoms. The zero-order valence-electron chi connectivity index (χ0n) is 30.0. The maximum Gasteiger partial charge on any atom is 0.321 e. The molecule has 0 aliphatic carbocycles. The zero-order chi connectivity index (χ0) is 34.8. The Balaban J connectivity index is 1.75. The van der Waals surface area contributed by atoms with Crippen molar-refractivity contribution in [2.24, 2.45) is 0 Å². The number of benzene rings is 2. The van der Waals surface area contributed by atoms with Crippen molar-refractivity contribution in [2.75, 3.05) is 63.6 Å². The van der Waals surface area contributed by atoms with E-state index in [0.717, 1.165) is 49.4 Å². The summed E-state index contributed by atoms with van der Waals surface area (Å²) in [5, 5.41) is 8.78. The smallest absolute Gasteiger partial charge is 0.321 e. The molecular weight excluding hydrogens is 645 g/mol. The number of hydrogen-bond acceptors (Lipinski definition) is 7. The van der Waals surface area contributed by atoms with Crippen molar-refractivity contribution in [3.8, 4) is 0 Å². The molecule has 0 aliphatic rings. The molecular formula is C33H60N6O5Si3. The highest BCUT2D eigenvalue weighted by Gasteiger charge is 2.39. The summed E-state index contributed by atoms with van der Waals surface area (Å²) in [6.07, 6.45) is 1.90. The van der Waals surface area contributed by atoms with Gasteiger partial charge in [-0.15, -0.1) is 0 Å². The second kappa shape index (κ2) is 20.7. The number of amides is 4. The van der Waals surface area contributed by atoms with Crippen molar-refractivity contribution in [3.05, 3.63) is 60.7 Å². The van der Waals surface area contributed by atoms with Gasteiger partial charge in [0, 0.05) is 44.1 Å². The van der Waals surface area contributed by atoms with Gasteiger partial charge in [-0.1, -0.05) is 36.4 Å². The highest BCUT2D eigenvalue weighted by Crippen LogP contribution is 2.26. The van der Waals surface area contributed by atoms with Crippen LogP contribution in [0.1, 0.15) is 19.8 Å². The van der Waals surface area contributed by atoms with E-state index < -0.39 is 25.2 Å². The molecule has 11 nitrogen and oxygen atoms in total. The van der Waals surface area contributed by atoms with Crippen molar-refractivity contribution >= 4 is 48.6 Å². The van der Waals surface area contributed by atoms with Gasteiger partial charge >= 0.3 is 20.6 Å². The Hall–Kier alpha value is -2.57. The van der Waals surface area contributed by atoms with E-state index in [1.165, 1.54) is 0 Å². The van der Waals surface area contributed by atoms with Gasteiger partial charge in [-0.25, -0.2) is 15.1 Å². The van der Waals surface area contributed by atoms with Gasteiger partial charge < -0.3 is 38.8 Å². The molecule has 14 heteroatoms. The van der Waals surface area contributed by atoms with Gasteiger partial charge in [-0.2, -0.15) is 0 Å². The molecule has 0 aliphatic heterocycles. The Kier molecular flexibility index (Phi) is 17.9. The molecule has 0 saturated carbocycles. The second-order valence-corrected chi connectivity index (χ2v) is 26.0. The average Bonchev–Trinajstić information content (AvgIpc) is 2.98. The van der Waals surface area contributed by atoms with Crippen LogP contribution in [-0.4, -0.2) is 100.0 Å². The van der Waals surface area contributed by atoms with E-state index in [4.69, 9.17) is 13.1 Å². The molecule has 4 amide bonds.